The number of ether oxygens (including phenoxy) is 1. The number of alkyl halides is 5. The molecule has 0 spiro atoms. The van der Waals surface area contributed by atoms with Crippen molar-refractivity contribution in [1.29, 1.82) is 0 Å². The van der Waals surface area contributed by atoms with E-state index in [0.717, 1.165) is 0 Å². The van der Waals surface area contributed by atoms with E-state index in [-0.39, 0.29) is 4.43 Å². The van der Waals surface area contributed by atoms with Crippen molar-refractivity contribution in [2.24, 2.45) is 0 Å². The van der Waals surface area contributed by atoms with Crippen LogP contribution in [-0.2, 0) is 4.74 Å². The molecule has 0 aromatic heterocycles. The predicted octanol–water partition coefficient (Wildman–Crippen LogP) is 3.20. The molecule has 0 radical (unpaired) electrons. The zero-order valence-electron chi connectivity index (χ0n) is 6.00. The van der Waals surface area contributed by atoms with Crippen molar-refractivity contribution in [3.8, 4) is 0 Å². The molecule has 0 heterocycles. The van der Waals surface area contributed by atoms with Gasteiger partial charge in [0.05, 0.1) is 6.26 Å². The van der Waals surface area contributed by atoms with Crippen molar-refractivity contribution in [3.63, 3.8) is 0 Å². The summed E-state index contributed by atoms with van der Waals surface area (Å²) in [6, 6.07) is 0. The third kappa shape index (κ3) is 2.80. The van der Waals surface area contributed by atoms with Crippen LogP contribution < -0.4 is 0 Å². The van der Waals surface area contributed by atoms with Gasteiger partial charge in [0, 0.05) is 10.8 Å². The first kappa shape index (κ1) is 12.0. The van der Waals surface area contributed by atoms with Gasteiger partial charge in [0.25, 0.3) is 0 Å². The first-order valence-electron chi connectivity index (χ1n) is 2.97. The van der Waals surface area contributed by atoms with Crippen LogP contribution in [0.15, 0.2) is 12.8 Å². The highest BCUT2D eigenvalue weighted by Gasteiger charge is 2.57. The smallest absolute Gasteiger partial charge is 0.437 e. The van der Waals surface area contributed by atoms with E-state index in [1.165, 1.54) is 0 Å². The average molecular weight is 298 g/mol. The minimum atomic E-state index is -4.46. The van der Waals surface area contributed by atoms with Crippen LogP contribution in [0.3, 0.4) is 0 Å². The van der Waals surface area contributed by atoms with E-state index < -0.39 is 18.5 Å². The van der Waals surface area contributed by atoms with E-state index in [1.54, 1.807) is 22.6 Å². The Morgan fingerprint density at radius 3 is 2.17 bits per heavy atom. The molecular weight excluding hydrogens is 291 g/mol. The predicted molar refractivity (Wildman–Crippen MR) is 44.7 cm³/mol. The lowest BCUT2D eigenvalue weighted by atomic mass is 10.2. The first-order valence-corrected chi connectivity index (χ1v) is 4.50. The average Bonchev–Trinajstić information content (AvgIpc) is 1.86. The summed E-state index contributed by atoms with van der Waals surface area (Å²) in [7, 11) is 0. The molecule has 0 saturated carbocycles. The molecule has 0 bridgehead atoms. The van der Waals surface area contributed by atoms with Crippen LogP contribution >= 0.6 is 22.6 Å². The lowest BCUT2D eigenvalue weighted by Crippen LogP contribution is -2.41. The second kappa shape index (κ2) is 4.29. The van der Waals surface area contributed by atoms with Crippen LogP contribution in [0.4, 0.5) is 17.6 Å². The van der Waals surface area contributed by atoms with Gasteiger partial charge in [0.1, 0.15) is 0 Å². The van der Waals surface area contributed by atoms with E-state index in [0.29, 0.717) is 6.26 Å². The summed E-state index contributed by atoms with van der Waals surface area (Å²) in [4.78, 5) is 0. The Kier molecular flexibility index (Phi) is 4.29. The van der Waals surface area contributed by atoms with Gasteiger partial charge in [-0.3, -0.25) is 0 Å². The van der Waals surface area contributed by atoms with Crippen molar-refractivity contribution < 1.29 is 22.3 Å². The summed E-state index contributed by atoms with van der Waals surface area (Å²) in [5.74, 6) is -4.14. The van der Waals surface area contributed by atoms with Gasteiger partial charge >= 0.3 is 12.0 Å². The number of hydrogen-bond acceptors (Lipinski definition) is 1. The molecule has 1 nitrogen and oxygen atoms in total. The van der Waals surface area contributed by atoms with Crippen LogP contribution in [0.25, 0.3) is 0 Å². The summed E-state index contributed by atoms with van der Waals surface area (Å²) in [6.45, 7) is 2.78. The Balaban J connectivity index is 4.38. The third-order valence-electron chi connectivity index (χ3n) is 1.07. The highest BCUT2D eigenvalue weighted by atomic mass is 127. The summed E-state index contributed by atoms with van der Waals surface area (Å²) in [5, 5.41) is 0. The second-order valence-electron chi connectivity index (χ2n) is 1.94. The van der Waals surface area contributed by atoms with Crippen molar-refractivity contribution in [2.45, 2.75) is 18.5 Å². The minimum absolute atomic E-state index is 0.0686. The molecule has 0 aliphatic carbocycles. The first-order chi connectivity index (χ1) is 5.37. The zero-order chi connectivity index (χ0) is 9.83. The molecule has 0 aromatic carbocycles. The van der Waals surface area contributed by atoms with Crippen molar-refractivity contribution >= 4 is 22.6 Å². The second-order valence-corrected chi connectivity index (χ2v) is 3.02. The van der Waals surface area contributed by atoms with E-state index in [1.807, 2.05) is 0 Å². The fourth-order valence-electron chi connectivity index (χ4n) is 0.455. The van der Waals surface area contributed by atoms with Crippen molar-refractivity contribution in [2.75, 3.05) is 4.43 Å². The summed E-state index contributed by atoms with van der Waals surface area (Å²) >= 11 is 1.59. The maximum absolute atomic E-state index is 12.5. The fourth-order valence-corrected chi connectivity index (χ4v) is 1.13. The highest BCUT2D eigenvalue weighted by Crippen LogP contribution is 2.38. The van der Waals surface area contributed by atoms with Gasteiger partial charge in [-0.25, -0.2) is 0 Å². The molecule has 12 heavy (non-hydrogen) atoms. The van der Waals surface area contributed by atoms with E-state index in [9.17, 15) is 17.6 Å². The lowest BCUT2D eigenvalue weighted by molar-refractivity contribution is -0.326. The normalized spacial score (nSPS) is 12.8. The Morgan fingerprint density at radius 1 is 1.33 bits per heavy atom. The van der Waals surface area contributed by atoms with Crippen LogP contribution in [0.5, 0.6) is 0 Å². The summed E-state index contributed by atoms with van der Waals surface area (Å²) in [6.07, 6.45) is -5.07. The van der Waals surface area contributed by atoms with Gasteiger partial charge in [0.2, 0.25) is 0 Å². The maximum atomic E-state index is 12.5. The molecule has 0 saturated heterocycles. The van der Waals surface area contributed by atoms with E-state index in [4.69, 9.17) is 0 Å². The van der Waals surface area contributed by atoms with E-state index >= 15 is 0 Å². The topological polar surface area (TPSA) is 9.23 Å². The minimum Gasteiger partial charge on any atom is -0.437 e. The zero-order valence-corrected chi connectivity index (χ0v) is 8.15. The van der Waals surface area contributed by atoms with Gasteiger partial charge in [-0.05, 0) is 0 Å². The number of hydrogen-bond donors (Lipinski definition) is 0. The van der Waals surface area contributed by atoms with Crippen LogP contribution in [-0.4, -0.2) is 16.5 Å². The van der Waals surface area contributed by atoms with Gasteiger partial charge in [-0.15, -0.1) is 0 Å². The molecule has 0 N–H and O–H groups in total. The van der Waals surface area contributed by atoms with Gasteiger partial charge in [-0.1, -0.05) is 29.2 Å². The largest absolute Gasteiger partial charge is 0.463 e. The number of rotatable bonds is 5. The molecule has 0 rings (SSSR count). The van der Waals surface area contributed by atoms with Crippen molar-refractivity contribution in [3.05, 3.63) is 12.8 Å². The monoisotopic (exact) mass is 298 g/mol. The Morgan fingerprint density at radius 2 is 1.83 bits per heavy atom. The van der Waals surface area contributed by atoms with Crippen LogP contribution in [0, 0.1) is 0 Å². The molecule has 0 amide bonds. The Labute approximate surface area is 80.9 Å². The van der Waals surface area contributed by atoms with Gasteiger partial charge < -0.3 is 4.74 Å². The SMILES string of the molecule is C=COC(F)(F)C(F)(F)CCI. The molecule has 0 atom stereocenters. The number of halogens is 5. The lowest BCUT2D eigenvalue weighted by Gasteiger charge is -2.24. The van der Waals surface area contributed by atoms with Crippen LogP contribution in [0.1, 0.15) is 6.42 Å². The third-order valence-corrected chi connectivity index (χ3v) is 1.61. The van der Waals surface area contributed by atoms with Crippen LogP contribution in [0.2, 0.25) is 0 Å². The van der Waals surface area contributed by atoms with Crippen molar-refractivity contribution in [1.82, 2.24) is 0 Å². The molecule has 6 heteroatoms. The molecule has 0 unspecified atom stereocenters. The standard InChI is InChI=1S/C6H7F4IO/c1-2-12-6(9,10)5(7,8)3-4-11/h2H,1,3-4H2. The maximum Gasteiger partial charge on any atom is 0.463 e. The fraction of sp³-hybridized carbons (Fsp3) is 0.667. The molecule has 72 valence electrons. The van der Waals surface area contributed by atoms with Gasteiger partial charge in [-0.2, -0.15) is 17.6 Å². The molecular formula is C6H7F4IO. The molecule has 0 aromatic rings. The van der Waals surface area contributed by atoms with Gasteiger partial charge in [0.15, 0.2) is 0 Å². The molecule has 0 aliphatic heterocycles. The summed E-state index contributed by atoms with van der Waals surface area (Å²) in [5.41, 5.74) is 0. The summed E-state index contributed by atoms with van der Waals surface area (Å²) < 4.78 is 53.0. The molecule has 0 aliphatic rings. The van der Waals surface area contributed by atoms with E-state index in [2.05, 4.69) is 11.3 Å². The highest BCUT2D eigenvalue weighted by molar-refractivity contribution is 14.1. The molecule has 0 fully saturated rings. The Hall–Kier alpha value is -0.0100. The quantitative estimate of drug-likeness (QED) is 0.328. The Bertz CT molecular complexity index is 160.